The Bertz CT molecular complexity index is 500. The maximum absolute atomic E-state index is 9.78. The van der Waals surface area contributed by atoms with Gasteiger partial charge in [-0.3, -0.25) is 0 Å². The third-order valence-corrected chi connectivity index (χ3v) is 2.91. The number of nitrogens with zero attached hydrogens (tertiary/aromatic N) is 1. The highest BCUT2D eigenvalue weighted by molar-refractivity contribution is 5.90. The molecule has 0 saturated heterocycles. The summed E-state index contributed by atoms with van der Waals surface area (Å²) in [6, 6.07) is 5.95. The van der Waals surface area contributed by atoms with E-state index in [-0.39, 0.29) is 0 Å². The molecule has 3 heteroatoms. The van der Waals surface area contributed by atoms with Crippen molar-refractivity contribution in [2.45, 2.75) is 26.5 Å². The van der Waals surface area contributed by atoms with E-state index in [1.165, 1.54) is 0 Å². The standard InChI is InChI=1S/C13H17NO2/c1-4-14-8-10(9(2)15)13-11(14)6-5-7-12(13)16-3/h5-9,15H,4H2,1-3H3. The minimum absolute atomic E-state index is 0.480. The Labute approximate surface area is 95.3 Å². The predicted molar refractivity (Wildman–Crippen MR) is 64.8 cm³/mol. The van der Waals surface area contributed by atoms with Crippen molar-refractivity contribution in [3.05, 3.63) is 30.0 Å². The van der Waals surface area contributed by atoms with Gasteiger partial charge < -0.3 is 14.4 Å². The lowest BCUT2D eigenvalue weighted by Gasteiger charge is -2.06. The molecule has 16 heavy (non-hydrogen) atoms. The molecule has 0 bridgehead atoms. The van der Waals surface area contributed by atoms with Crippen LogP contribution in [0.5, 0.6) is 5.75 Å². The minimum atomic E-state index is -0.480. The summed E-state index contributed by atoms with van der Waals surface area (Å²) < 4.78 is 7.48. The van der Waals surface area contributed by atoms with Gasteiger partial charge in [0.2, 0.25) is 0 Å². The van der Waals surface area contributed by atoms with Gasteiger partial charge >= 0.3 is 0 Å². The highest BCUT2D eigenvalue weighted by Gasteiger charge is 2.15. The molecule has 0 fully saturated rings. The summed E-state index contributed by atoms with van der Waals surface area (Å²) in [5, 5.41) is 10.8. The largest absolute Gasteiger partial charge is 0.496 e. The van der Waals surface area contributed by atoms with E-state index in [1.807, 2.05) is 24.4 Å². The van der Waals surface area contributed by atoms with E-state index < -0.39 is 6.10 Å². The Hall–Kier alpha value is -1.48. The second-order valence-electron chi connectivity index (χ2n) is 3.90. The van der Waals surface area contributed by atoms with Crippen molar-refractivity contribution in [1.29, 1.82) is 0 Å². The van der Waals surface area contributed by atoms with Crippen molar-refractivity contribution < 1.29 is 9.84 Å². The molecule has 2 rings (SSSR count). The second kappa shape index (κ2) is 4.18. The van der Waals surface area contributed by atoms with E-state index in [0.29, 0.717) is 0 Å². The predicted octanol–water partition coefficient (Wildman–Crippen LogP) is 2.72. The van der Waals surface area contributed by atoms with E-state index in [1.54, 1.807) is 14.0 Å². The molecule has 0 saturated carbocycles. The third kappa shape index (κ3) is 1.57. The molecule has 1 aromatic carbocycles. The number of hydrogen-bond donors (Lipinski definition) is 1. The zero-order valence-corrected chi connectivity index (χ0v) is 9.90. The first-order valence-corrected chi connectivity index (χ1v) is 5.52. The number of aryl methyl sites for hydroxylation is 1. The van der Waals surface area contributed by atoms with Gasteiger partial charge in [0.15, 0.2) is 0 Å². The Morgan fingerprint density at radius 2 is 2.19 bits per heavy atom. The molecule has 1 N–H and O–H groups in total. The van der Waals surface area contributed by atoms with Crippen LogP contribution in [-0.4, -0.2) is 16.8 Å². The average Bonchev–Trinajstić information content (AvgIpc) is 2.67. The fraction of sp³-hybridized carbons (Fsp3) is 0.385. The Balaban J connectivity index is 2.80. The summed E-state index contributed by atoms with van der Waals surface area (Å²) >= 11 is 0. The fourth-order valence-electron chi connectivity index (χ4n) is 2.10. The molecule has 86 valence electrons. The van der Waals surface area contributed by atoms with Crippen molar-refractivity contribution in [3.8, 4) is 5.75 Å². The lowest BCUT2D eigenvalue weighted by atomic mass is 10.1. The molecule has 2 aromatic rings. The number of ether oxygens (including phenoxy) is 1. The third-order valence-electron chi connectivity index (χ3n) is 2.91. The summed E-state index contributed by atoms with van der Waals surface area (Å²) in [6.45, 7) is 4.75. The van der Waals surface area contributed by atoms with Gasteiger partial charge in [0.1, 0.15) is 5.75 Å². The number of aliphatic hydroxyl groups excluding tert-OH is 1. The zero-order chi connectivity index (χ0) is 11.7. The van der Waals surface area contributed by atoms with Gasteiger partial charge in [-0.05, 0) is 26.0 Å². The average molecular weight is 219 g/mol. The molecule has 1 heterocycles. The number of aromatic nitrogens is 1. The van der Waals surface area contributed by atoms with Crippen molar-refractivity contribution >= 4 is 10.9 Å². The van der Waals surface area contributed by atoms with Crippen LogP contribution in [-0.2, 0) is 6.54 Å². The van der Waals surface area contributed by atoms with Gasteiger partial charge in [-0.15, -0.1) is 0 Å². The molecule has 3 nitrogen and oxygen atoms in total. The van der Waals surface area contributed by atoms with Gasteiger partial charge in [-0.2, -0.15) is 0 Å². The SMILES string of the molecule is CCn1cc(C(C)O)c2c(OC)cccc21. The second-order valence-corrected chi connectivity index (χ2v) is 3.90. The number of fused-ring (bicyclic) bond motifs is 1. The highest BCUT2D eigenvalue weighted by Crippen LogP contribution is 2.33. The zero-order valence-electron chi connectivity index (χ0n) is 9.90. The molecule has 1 atom stereocenters. The first-order chi connectivity index (χ1) is 7.69. The number of rotatable bonds is 3. The van der Waals surface area contributed by atoms with Crippen LogP contribution in [0.2, 0.25) is 0 Å². The van der Waals surface area contributed by atoms with Crippen LogP contribution in [0, 0.1) is 0 Å². The van der Waals surface area contributed by atoms with Crippen molar-refractivity contribution in [3.63, 3.8) is 0 Å². The van der Waals surface area contributed by atoms with E-state index in [2.05, 4.69) is 11.5 Å². The monoisotopic (exact) mass is 219 g/mol. The van der Waals surface area contributed by atoms with Crippen molar-refractivity contribution in [2.24, 2.45) is 0 Å². The fourth-order valence-corrected chi connectivity index (χ4v) is 2.10. The van der Waals surface area contributed by atoms with Crippen LogP contribution in [0.1, 0.15) is 25.5 Å². The van der Waals surface area contributed by atoms with Crippen molar-refractivity contribution in [1.82, 2.24) is 4.57 Å². The molecule has 1 aromatic heterocycles. The van der Waals surface area contributed by atoms with E-state index >= 15 is 0 Å². The quantitative estimate of drug-likeness (QED) is 0.861. The van der Waals surface area contributed by atoms with E-state index in [4.69, 9.17) is 4.74 Å². The maximum atomic E-state index is 9.78. The number of methoxy groups -OCH3 is 1. The molecular formula is C13H17NO2. The minimum Gasteiger partial charge on any atom is -0.496 e. The van der Waals surface area contributed by atoms with Crippen LogP contribution in [0.4, 0.5) is 0 Å². The van der Waals surface area contributed by atoms with Gasteiger partial charge in [0.05, 0.1) is 18.7 Å². The lowest BCUT2D eigenvalue weighted by molar-refractivity contribution is 0.200. The highest BCUT2D eigenvalue weighted by atomic mass is 16.5. The molecule has 0 aliphatic carbocycles. The van der Waals surface area contributed by atoms with Crippen LogP contribution in [0.25, 0.3) is 10.9 Å². The summed E-state index contributed by atoms with van der Waals surface area (Å²) in [7, 11) is 1.66. The van der Waals surface area contributed by atoms with Crippen LogP contribution >= 0.6 is 0 Å². The smallest absolute Gasteiger partial charge is 0.128 e. The van der Waals surface area contributed by atoms with Gasteiger partial charge in [-0.25, -0.2) is 0 Å². The van der Waals surface area contributed by atoms with Gasteiger partial charge in [0, 0.05) is 23.7 Å². The van der Waals surface area contributed by atoms with E-state index in [9.17, 15) is 5.11 Å². The lowest BCUT2D eigenvalue weighted by Crippen LogP contribution is -1.91. The van der Waals surface area contributed by atoms with Crippen LogP contribution in [0.3, 0.4) is 0 Å². The topological polar surface area (TPSA) is 34.4 Å². The summed E-state index contributed by atoms with van der Waals surface area (Å²) in [5.41, 5.74) is 2.03. The number of aliphatic hydroxyl groups is 1. The molecule has 0 aliphatic rings. The van der Waals surface area contributed by atoms with E-state index in [0.717, 1.165) is 28.8 Å². The number of benzene rings is 1. The van der Waals surface area contributed by atoms with Gasteiger partial charge in [-0.1, -0.05) is 6.07 Å². The van der Waals surface area contributed by atoms with Gasteiger partial charge in [0.25, 0.3) is 0 Å². The first kappa shape index (κ1) is 11.0. The maximum Gasteiger partial charge on any atom is 0.128 e. The first-order valence-electron chi connectivity index (χ1n) is 5.52. The Morgan fingerprint density at radius 3 is 2.75 bits per heavy atom. The van der Waals surface area contributed by atoms with Crippen LogP contribution < -0.4 is 4.74 Å². The molecule has 0 aliphatic heterocycles. The van der Waals surface area contributed by atoms with Crippen molar-refractivity contribution in [2.75, 3.05) is 7.11 Å². The Morgan fingerprint density at radius 1 is 1.44 bits per heavy atom. The summed E-state index contributed by atoms with van der Waals surface area (Å²) in [6.07, 6.45) is 1.52. The summed E-state index contributed by atoms with van der Waals surface area (Å²) in [4.78, 5) is 0. The molecule has 0 spiro atoms. The summed E-state index contributed by atoms with van der Waals surface area (Å²) in [5.74, 6) is 0.820. The Kier molecular flexibility index (Phi) is 2.88. The van der Waals surface area contributed by atoms with Crippen LogP contribution in [0.15, 0.2) is 24.4 Å². The molecule has 1 unspecified atom stereocenters. The normalized spacial score (nSPS) is 13.0. The molecule has 0 radical (unpaired) electrons. The number of hydrogen-bond acceptors (Lipinski definition) is 2. The molecule has 0 amide bonds. The molecular weight excluding hydrogens is 202 g/mol.